The van der Waals surface area contributed by atoms with Gasteiger partial charge in [-0.15, -0.1) is 0 Å². The van der Waals surface area contributed by atoms with E-state index >= 15 is 0 Å². The Morgan fingerprint density at radius 2 is 1.54 bits per heavy atom. The normalized spacial score (nSPS) is 32.2. The number of rotatable bonds is 3. The number of hydrogen-bond acceptors (Lipinski definition) is 3. The highest BCUT2D eigenvalue weighted by Crippen LogP contribution is 2.52. The molecular formula is C24H39NO2S. The van der Waals surface area contributed by atoms with Crippen molar-refractivity contribution in [3.8, 4) is 0 Å². The summed E-state index contributed by atoms with van der Waals surface area (Å²) in [5.74, 6) is 1.22. The molecule has 0 spiro atoms. The second-order valence-corrected chi connectivity index (χ2v) is 11.5. The second kappa shape index (κ2) is 10.2. The lowest BCUT2D eigenvalue weighted by molar-refractivity contribution is 0.0235. The molecule has 3 nitrogen and oxygen atoms in total. The van der Waals surface area contributed by atoms with Gasteiger partial charge < -0.3 is 5.11 Å². The topological polar surface area (TPSA) is 49.7 Å². The van der Waals surface area contributed by atoms with Crippen LogP contribution in [0.1, 0.15) is 83.5 Å². The molecule has 1 N–H and O–H groups in total. The average molecular weight is 406 g/mol. The van der Waals surface area contributed by atoms with E-state index in [4.69, 9.17) is 0 Å². The third-order valence-corrected chi connectivity index (χ3v) is 9.39. The van der Waals surface area contributed by atoms with Crippen molar-refractivity contribution < 1.29 is 9.32 Å². The maximum absolute atomic E-state index is 13.7. The quantitative estimate of drug-likeness (QED) is 0.650. The van der Waals surface area contributed by atoms with Gasteiger partial charge in [0, 0.05) is 11.9 Å². The van der Waals surface area contributed by atoms with Gasteiger partial charge in [-0.05, 0) is 36.8 Å². The first-order valence-electron chi connectivity index (χ1n) is 11.5. The highest BCUT2D eigenvalue weighted by molar-refractivity contribution is 7.93. The van der Waals surface area contributed by atoms with Crippen LogP contribution >= 0.6 is 0 Å². The first kappa shape index (κ1) is 21.8. The third-order valence-electron chi connectivity index (χ3n) is 6.90. The van der Waals surface area contributed by atoms with Crippen LogP contribution in [-0.4, -0.2) is 27.7 Å². The molecule has 2 unspecified atom stereocenters. The monoisotopic (exact) mass is 405 g/mol. The predicted octanol–water partition coefficient (Wildman–Crippen LogP) is 6.21. The molecule has 28 heavy (non-hydrogen) atoms. The molecule has 2 aliphatic carbocycles. The molecule has 158 valence electrons. The number of fused-ring (bicyclic) bond motifs is 1. The molecule has 2 saturated carbocycles. The lowest BCUT2D eigenvalue weighted by Gasteiger charge is -2.30. The molecule has 4 atom stereocenters. The summed E-state index contributed by atoms with van der Waals surface area (Å²) in [6, 6.07) is 9.57. The summed E-state index contributed by atoms with van der Waals surface area (Å²) in [5.41, 5.74) is -0.836. The zero-order chi connectivity index (χ0) is 19.9. The van der Waals surface area contributed by atoms with E-state index in [0.717, 1.165) is 24.2 Å². The molecule has 0 heterocycles. The summed E-state index contributed by atoms with van der Waals surface area (Å²) >= 11 is 0. The molecule has 0 aliphatic heterocycles. The Balaban J connectivity index is 1.74. The van der Waals surface area contributed by atoms with Gasteiger partial charge in [0.15, 0.2) is 0 Å². The summed E-state index contributed by atoms with van der Waals surface area (Å²) in [7, 11) is -0.931. The van der Waals surface area contributed by atoms with Crippen molar-refractivity contribution in [3.05, 3.63) is 30.3 Å². The highest BCUT2D eigenvalue weighted by atomic mass is 32.2. The first-order valence-corrected chi connectivity index (χ1v) is 13.2. The Labute approximate surface area is 172 Å². The van der Waals surface area contributed by atoms with Crippen molar-refractivity contribution in [1.82, 2.24) is 0 Å². The van der Waals surface area contributed by atoms with E-state index in [9.17, 15) is 9.32 Å². The number of hydrogen-bond donors (Lipinski definition) is 1. The molecule has 0 aromatic heterocycles. The van der Waals surface area contributed by atoms with Gasteiger partial charge in [-0.25, -0.2) is 8.57 Å². The minimum Gasteiger partial charge on any atom is -0.389 e. The maximum atomic E-state index is 13.7. The lowest BCUT2D eigenvalue weighted by atomic mass is 9.90. The van der Waals surface area contributed by atoms with Crippen LogP contribution in [0.25, 0.3) is 0 Å². The fourth-order valence-electron chi connectivity index (χ4n) is 5.07. The summed E-state index contributed by atoms with van der Waals surface area (Å²) < 4.78 is 18.0. The molecule has 0 bridgehead atoms. The number of benzene rings is 1. The summed E-state index contributed by atoms with van der Waals surface area (Å²) in [6.07, 6.45) is 16.0. The Morgan fingerprint density at radius 3 is 2.14 bits per heavy atom. The number of aliphatic hydroxyl groups is 1. The van der Waals surface area contributed by atoms with Crippen molar-refractivity contribution in [2.75, 3.05) is 12.8 Å². The van der Waals surface area contributed by atoms with Gasteiger partial charge in [0.05, 0.1) is 21.1 Å². The highest BCUT2D eigenvalue weighted by Gasteiger charge is 2.52. The van der Waals surface area contributed by atoms with Crippen molar-refractivity contribution in [3.63, 3.8) is 0 Å². The molecule has 2 aliphatic rings. The van der Waals surface area contributed by atoms with Crippen LogP contribution in [0.4, 0.5) is 0 Å². The summed E-state index contributed by atoms with van der Waals surface area (Å²) in [5, 5.41) is 11.7. The Morgan fingerprint density at radius 1 is 0.964 bits per heavy atom. The Bertz CT molecular complexity index is 711. The number of nitrogens with zero attached hydrogens (tertiary/aromatic N) is 1. The fourth-order valence-corrected chi connectivity index (χ4v) is 7.19. The van der Waals surface area contributed by atoms with E-state index in [1.54, 1.807) is 7.05 Å². The predicted molar refractivity (Wildman–Crippen MR) is 118 cm³/mol. The molecule has 2 fully saturated rings. The second-order valence-electron chi connectivity index (χ2n) is 9.06. The van der Waals surface area contributed by atoms with Crippen LogP contribution in [-0.2, 0) is 9.73 Å². The molecule has 1 aromatic carbocycles. The van der Waals surface area contributed by atoms with Gasteiger partial charge in [0.2, 0.25) is 0 Å². The third kappa shape index (κ3) is 5.82. The Kier molecular flexibility index (Phi) is 7.99. The van der Waals surface area contributed by atoms with Crippen LogP contribution in [0, 0.1) is 11.8 Å². The standard InChI is InChI=1S/C24H39NO2S/c1-25-28(27,22-16-12-10-13-17-22)20-24(26)18-14-9-7-5-3-2-4-6-8-11-15-21-19-23(21)24/h10,12-13,16-17,21,23,26H,2-9,11,14-15,18-20H2,1H3/t21-,23-,24?,28?/m0/s1. The van der Waals surface area contributed by atoms with Crippen molar-refractivity contribution >= 4 is 9.73 Å². The van der Waals surface area contributed by atoms with Gasteiger partial charge in [-0.1, -0.05) is 88.8 Å². The lowest BCUT2D eigenvalue weighted by Crippen LogP contribution is -2.40. The SMILES string of the molecule is CN=S(=O)(CC1(O)CCCCCCCCCCCC[C@H]2C[C@@H]21)c1ccccc1. The van der Waals surface area contributed by atoms with Crippen LogP contribution in [0.2, 0.25) is 0 Å². The van der Waals surface area contributed by atoms with E-state index in [-0.39, 0.29) is 0 Å². The van der Waals surface area contributed by atoms with E-state index in [1.165, 1.54) is 64.2 Å². The van der Waals surface area contributed by atoms with Crippen molar-refractivity contribution in [2.24, 2.45) is 16.2 Å². The van der Waals surface area contributed by atoms with E-state index in [2.05, 4.69) is 4.36 Å². The summed E-state index contributed by atoms with van der Waals surface area (Å²) in [4.78, 5) is 0.763. The molecule has 1 aromatic rings. The molecule has 3 rings (SSSR count). The van der Waals surface area contributed by atoms with Crippen LogP contribution in [0.15, 0.2) is 39.6 Å². The van der Waals surface area contributed by atoms with E-state index < -0.39 is 15.3 Å². The molecule has 0 amide bonds. The van der Waals surface area contributed by atoms with Gasteiger partial charge in [0.1, 0.15) is 0 Å². The summed E-state index contributed by atoms with van der Waals surface area (Å²) in [6.45, 7) is 0. The zero-order valence-electron chi connectivity index (χ0n) is 17.7. The molecular weight excluding hydrogens is 366 g/mol. The van der Waals surface area contributed by atoms with Crippen molar-refractivity contribution in [1.29, 1.82) is 0 Å². The van der Waals surface area contributed by atoms with Gasteiger partial charge in [0.25, 0.3) is 0 Å². The minimum absolute atomic E-state index is 0.293. The largest absolute Gasteiger partial charge is 0.389 e. The van der Waals surface area contributed by atoms with Gasteiger partial charge in [-0.3, -0.25) is 0 Å². The van der Waals surface area contributed by atoms with Crippen LogP contribution in [0.3, 0.4) is 0 Å². The smallest absolute Gasteiger partial charge is 0.0805 e. The first-order chi connectivity index (χ1) is 13.6. The fraction of sp³-hybridized carbons (Fsp3) is 0.750. The van der Waals surface area contributed by atoms with Crippen LogP contribution < -0.4 is 0 Å². The molecule has 4 heteroatoms. The molecule has 0 radical (unpaired) electrons. The van der Waals surface area contributed by atoms with E-state index in [0.29, 0.717) is 17.6 Å². The maximum Gasteiger partial charge on any atom is 0.0805 e. The average Bonchev–Trinajstić information content (AvgIpc) is 3.49. The zero-order valence-corrected chi connectivity index (χ0v) is 18.5. The minimum atomic E-state index is -2.58. The molecule has 0 saturated heterocycles. The van der Waals surface area contributed by atoms with Gasteiger partial charge in [-0.2, -0.15) is 0 Å². The Hall–Kier alpha value is -0.870. The van der Waals surface area contributed by atoms with E-state index in [1.807, 2.05) is 30.3 Å². The van der Waals surface area contributed by atoms with Crippen LogP contribution in [0.5, 0.6) is 0 Å². The van der Waals surface area contributed by atoms with Gasteiger partial charge >= 0.3 is 0 Å². The van der Waals surface area contributed by atoms with Crippen molar-refractivity contribution in [2.45, 2.75) is 94.0 Å².